The fraction of sp³-hybridized carbons (Fsp3) is 0.185. The van der Waals surface area contributed by atoms with Gasteiger partial charge in [-0.1, -0.05) is 18.2 Å². The number of hydrogen-bond donors (Lipinski definition) is 2. The van der Waals surface area contributed by atoms with Gasteiger partial charge in [0.05, 0.1) is 43.1 Å². The highest BCUT2D eigenvalue weighted by molar-refractivity contribution is 8.06. The van der Waals surface area contributed by atoms with Crippen LogP contribution in [0.4, 0.5) is 17.2 Å². The number of hydrogen-bond acceptors (Lipinski definition) is 9. The fourth-order valence-electron chi connectivity index (χ4n) is 3.96. The summed E-state index contributed by atoms with van der Waals surface area (Å²) in [5.41, 5.74) is 3.31. The Morgan fingerprint density at radius 1 is 1.05 bits per heavy atom. The molecule has 0 aliphatic carbocycles. The molecule has 2 N–H and O–H groups in total. The molecule has 40 heavy (non-hydrogen) atoms. The summed E-state index contributed by atoms with van der Waals surface area (Å²) in [5.74, 6) is 0.470. The van der Waals surface area contributed by atoms with Crippen molar-refractivity contribution in [3.63, 3.8) is 0 Å². The molecule has 13 heteroatoms. The molecule has 0 saturated carbocycles. The third-order valence-corrected chi connectivity index (χ3v) is 8.68. The number of methoxy groups -OCH3 is 1. The zero-order valence-corrected chi connectivity index (χ0v) is 23.9. The Morgan fingerprint density at radius 3 is 2.52 bits per heavy atom. The predicted molar refractivity (Wildman–Crippen MR) is 156 cm³/mol. The van der Waals surface area contributed by atoms with Crippen LogP contribution in [-0.2, 0) is 21.0 Å². The Bertz CT molecular complexity index is 1650. The van der Waals surface area contributed by atoms with E-state index in [0.717, 1.165) is 15.5 Å². The van der Waals surface area contributed by atoms with Crippen molar-refractivity contribution in [3.8, 4) is 17.0 Å². The monoisotopic (exact) mass is 580 g/mol. The van der Waals surface area contributed by atoms with E-state index in [1.807, 2.05) is 25.1 Å². The summed E-state index contributed by atoms with van der Waals surface area (Å²) in [6.45, 7) is 1.96. The van der Waals surface area contributed by atoms with Crippen LogP contribution in [0.25, 0.3) is 11.3 Å². The molecule has 0 aliphatic heterocycles. The maximum absolute atomic E-state index is 12.5. The number of benzene rings is 2. The molecule has 0 bridgehead atoms. The van der Waals surface area contributed by atoms with Gasteiger partial charge in [-0.15, -0.1) is 0 Å². The smallest absolute Gasteiger partial charge is 0.257 e. The van der Waals surface area contributed by atoms with Crippen LogP contribution in [0.1, 0.15) is 28.9 Å². The average Bonchev–Trinajstić information content (AvgIpc) is 2.93. The third-order valence-electron chi connectivity index (χ3n) is 5.77. The number of carbonyl (C=O) groups is 1. The minimum absolute atomic E-state index is 0.154. The Kier molecular flexibility index (Phi) is 8.75. The number of amides is 1. The molecule has 208 valence electrons. The zero-order valence-electron chi connectivity index (χ0n) is 22.2. The topological polar surface area (TPSA) is 143 Å². The Balaban J connectivity index is 1.53. The number of carbonyl (C=O) groups excluding carboxylic acids is 1. The van der Waals surface area contributed by atoms with Gasteiger partial charge in [-0.2, -0.15) is 3.71 Å². The summed E-state index contributed by atoms with van der Waals surface area (Å²) < 4.78 is 42.8. The minimum Gasteiger partial charge on any atom is -0.494 e. The molecule has 0 saturated heterocycles. The molecule has 0 aliphatic rings. The van der Waals surface area contributed by atoms with Crippen molar-refractivity contribution < 1.29 is 22.2 Å². The quantitative estimate of drug-likeness (QED) is 0.284. The summed E-state index contributed by atoms with van der Waals surface area (Å²) in [7, 11) is -4.23. The van der Waals surface area contributed by atoms with Crippen LogP contribution in [0, 0.1) is 0 Å². The average molecular weight is 581 g/mol. The number of aromatic nitrogens is 3. The fourth-order valence-corrected chi connectivity index (χ4v) is 6.42. The van der Waals surface area contributed by atoms with Gasteiger partial charge >= 0.3 is 0 Å². The first kappa shape index (κ1) is 28.6. The molecule has 2 atom stereocenters. The molecule has 2 heterocycles. The minimum atomic E-state index is -3.81. The van der Waals surface area contributed by atoms with Gasteiger partial charge in [-0.3, -0.25) is 14.8 Å². The molecule has 4 aromatic rings. The molecule has 0 radical (unpaired) electrons. The van der Waals surface area contributed by atoms with Gasteiger partial charge < -0.3 is 15.4 Å². The standard InChI is InChI=1S/C27H28N6O5S2/c1-18(19-7-5-9-22(13-19)31-27(34)21-8-6-12-28-15-21)30-26-17-29-16-23(32-26)20-10-11-24(25(14-20)38-2)33(39(3)35)40(4,36)37/h5-18H,1-4H3,(H,30,32)(H,31,34)/t18-,39?/m0/s1. The lowest BCUT2D eigenvalue weighted by atomic mass is 10.1. The molecule has 1 unspecified atom stereocenters. The van der Waals surface area contributed by atoms with Gasteiger partial charge in [0.25, 0.3) is 5.91 Å². The lowest BCUT2D eigenvalue weighted by Crippen LogP contribution is -2.31. The van der Waals surface area contributed by atoms with Crippen LogP contribution in [0.3, 0.4) is 0 Å². The Labute approximate surface area is 235 Å². The van der Waals surface area contributed by atoms with E-state index in [0.29, 0.717) is 28.3 Å². The van der Waals surface area contributed by atoms with Gasteiger partial charge in [0, 0.05) is 29.9 Å². The van der Waals surface area contributed by atoms with E-state index in [-0.39, 0.29) is 23.4 Å². The zero-order chi connectivity index (χ0) is 28.9. The molecule has 4 rings (SSSR count). The number of anilines is 3. The maximum atomic E-state index is 12.5. The first-order valence-corrected chi connectivity index (χ1v) is 15.4. The van der Waals surface area contributed by atoms with Gasteiger partial charge in [-0.05, 0) is 48.9 Å². The van der Waals surface area contributed by atoms with Gasteiger partial charge in [0.15, 0.2) is 0 Å². The van der Waals surface area contributed by atoms with Crippen molar-refractivity contribution in [2.75, 3.05) is 34.0 Å². The number of nitrogens with zero attached hydrogens (tertiary/aromatic N) is 4. The molecule has 1 amide bonds. The van der Waals surface area contributed by atoms with Crippen LogP contribution in [0.5, 0.6) is 5.75 Å². The first-order valence-electron chi connectivity index (χ1n) is 12.0. The highest BCUT2D eigenvalue weighted by Gasteiger charge is 2.25. The molecular formula is C27H28N6O5S2. The highest BCUT2D eigenvalue weighted by Crippen LogP contribution is 2.35. The summed E-state index contributed by atoms with van der Waals surface area (Å²) in [6.07, 6.45) is 8.53. The van der Waals surface area contributed by atoms with E-state index in [1.165, 1.54) is 25.6 Å². The van der Waals surface area contributed by atoms with E-state index >= 15 is 0 Å². The number of rotatable bonds is 10. The van der Waals surface area contributed by atoms with Gasteiger partial charge in [-0.25, -0.2) is 17.6 Å². The normalized spacial score (nSPS) is 12.7. The van der Waals surface area contributed by atoms with Crippen molar-refractivity contribution in [3.05, 3.63) is 90.5 Å². The SMILES string of the molecule is COc1cc(-c2cncc(N[C@@H](C)c3cccc(NC(=O)c4cccnc4)c3)n2)ccc1N(S(C)=O)S(C)(=O)=O. The number of sulfonamides is 1. The van der Waals surface area contributed by atoms with E-state index in [1.54, 1.807) is 48.9 Å². The molecule has 11 nitrogen and oxygen atoms in total. The molecular weight excluding hydrogens is 552 g/mol. The van der Waals surface area contributed by atoms with Gasteiger partial charge in [0.2, 0.25) is 10.0 Å². The van der Waals surface area contributed by atoms with E-state index < -0.39 is 21.0 Å². The number of pyridine rings is 1. The lowest BCUT2D eigenvalue weighted by Gasteiger charge is -2.21. The molecule has 2 aromatic carbocycles. The van der Waals surface area contributed by atoms with Crippen LogP contribution < -0.4 is 19.1 Å². The van der Waals surface area contributed by atoms with Crippen LogP contribution in [0.2, 0.25) is 0 Å². The highest BCUT2D eigenvalue weighted by atomic mass is 32.3. The largest absolute Gasteiger partial charge is 0.494 e. The van der Waals surface area contributed by atoms with E-state index in [9.17, 15) is 17.4 Å². The Morgan fingerprint density at radius 2 is 1.85 bits per heavy atom. The van der Waals surface area contributed by atoms with E-state index in [4.69, 9.17) is 4.74 Å². The first-order chi connectivity index (χ1) is 19.1. The predicted octanol–water partition coefficient (Wildman–Crippen LogP) is 4.03. The maximum Gasteiger partial charge on any atom is 0.257 e. The van der Waals surface area contributed by atoms with Crippen molar-refractivity contribution in [1.29, 1.82) is 0 Å². The number of nitrogens with one attached hydrogen (secondary N) is 2. The lowest BCUT2D eigenvalue weighted by molar-refractivity contribution is 0.102. The van der Waals surface area contributed by atoms with Crippen LogP contribution in [0.15, 0.2) is 79.4 Å². The van der Waals surface area contributed by atoms with E-state index in [2.05, 4.69) is 25.6 Å². The number of ether oxygens (including phenoxy) is 1. The second kappa shape index (κ2) is 12.2. The molecule has 0 spiro atoms. The summed E-state index contributed by atoms with van der Waals surface area (Å²) in [4.78, 5) is 25.4. The summed E-state index contributed by atoms with van der Waals surface area (Å²) >= 11 is 0. The van der Waals surface area contributed by atoms with Crippen LogP contribution in [-0.4, -0.2) is 53.1 Å². The molecule has 2 aromatic heterocycles. The summed E-state index contributed by atoms with van der Waals surface area (Å²) in [5, 5.41) is 6.20. The van der Waals surface area contributed by atoms with Crippen molar-refractivity contribution >= 4 is 44.1 Å². The van der Waals surface area contributed by atoms with Gasteiger partial charge in [0.1, 0.15) is 28.2 Å². The second-order valence-electron chi connectivity index (χ2n) is 8.78. The Hall–Kier alpha value is -4.36. The second-order valence-corrected chi connectivity index (χ2v) is 12.1. The third kappa shape index (κ3) is 6.79. The van der Waals surface area contributed by atoms with Crippen LogP contribution >= 0.6 is 0 Å². The summed E-state index contributed by atoms with van der Waals surface area (Å²) in [6, 6.07) is 15.5. The molecule has 0 fully saturated rings. The van der Waals surface area contributed by atoms with Crippen molar-refractivity contribution in [2.24, 2.45) is 0 Å². The van der Waals surface area contributed by atoms with Crippen molar-refractivity contribution in [1.82, 2.24) is 15.0 Å². The van der Waals surface area contributed by atoms with Crippen molar-refractivity contribution in [2.45, 2.75) is 13.0 Å².